The number of carbonyl (C=O) groups is 4. The molecule has 1 spiro atoms. The number of esters is 1. The second-order valence-corrected chi connectivity index (χ2v) is 10.7. The zero-order valence-electron chi connectivity index (χ0n) is 22.5. The maximum absolute atomic E-state index is 15.9. The number of hydrogen-bond acceptors (Lipinski definition) is 6. The maximum Gasteiger partial charge on any atom is 0.308 e. The SMILES string of the molecule is CC(=O)Oc1cccc2c1N1C(C=C2)C2(C(=O)c3ccccc3C2=O)[C@@H](c2ccccc2F)[C@@H]1C(=O)c1ccccc1. The molecule has 2 heterocycles. The predicted octanol–water partition coefficient (Wildman–Crippen LogP) is 6.07. The third-order valence-electron chi connectivity index (χ3n) is 8.61. The summed E-state index contributed by atoms with van der Waals surface area (Å²) in [6, 6.07) is 24.1. The van der Waals surface area contributed by atoms with Crippen molar-refractivity contribution >= 4 is 35.1 Å². The minimum atomic E-state index is -1.86. The van der Waals surface area contributed by atoms with Gasteiger partial charge < -0.3 is 9.64 Å². The summed E-state index contributed by atoms with van der Waals surface area (Å²) in [5.41, 5.74) is 0.0816. The number of hydrogen-bond donors (Lipinski definition) is 0. The van der Waals surface area contributed by atoms with Crippen molar-refractivity contribution in [1.82, 2.24) is 0 Å². The number of nitrogens with zero attached hydrogens (tertiary/aromatic N) is 1. The summed E-state index contributed by atoms with van der Waals surface area (Å²) in [5, 5.41) is 0. The van der Waals surface area contributed by atoms with E-state index in [2.05, 4.69) is 0 Å². The van der Waals surface area contributed by atoms with Crippen LogP contribution < -0.4 is 9.64 Å². The van der Waals surface area contributed by atoms with Gasteiger partial charge in [0.2, 0.25) is 0 Å². The number of halogens is 1. The van der Waals surface area contributed by atoms with Crippen LogP contribution in [0, 0.1) is 11.2 Å². The van der Waals surface area contributed by atoms with Crippen LogP contribution in [-0.2, 0) is 4.79 Å². The standard InChI is InChI=1S/C35H24FNO5/c1-20(38)42-27-17-9-12-21-18-19-28-35(33(40)23-13-5-6-14-24(23)34(35)41)29(25-15-7-8-16-26(25)36)31(37(28)30(21)27)32(39)22-10-3-2-4-11-22/h2-19,28-29,31H,1H3/t28?,29-,31+/m0/s1. The fourth-order valence-electron chi connectivity index (χ4n) is 7.06. The van der Waals surface area contributed by atoms with Gasteiger partial charge in [0.25, 0.3) is 0 Å². The van der Waals surface area contributed by atoms with Gasteiger partial charge in [-0.2, -0.15) is 0 Å². The van der Waals surface area contributed by atoms with Gasteiger partial charge in [-0.15, -0.1) is 0 Å². The number of Topliss-reactive ketones (excluding diaryl/α,β-unsaturated/α-hetero) is 3. The third kappa shape index (κ3) is 3.43. The summed E-state index contributed by atoms with van der Waals surface area (Å²) in [6.45, 7) is 1.27. The lowest BCUT2D eigenvalue weighted by atomic mass is 9.64. The van der Waals surface area contributed by atoms with Crippen LogP contribution in [0.25, 0.3) is 6.08 Å². The lowest BCUT2D eigenvalue weighted by molar-refractivity contribution is -0.131. The lowest BCUT2D eigenvalue weighted by Gasteiger charge is -2.37. The van der Waals surface area contributed by atoms with Crippen molar-refractivity contribution in [2.24, 2.45) is 5.41 Å². The Hall–Kier alpha value is -5.17. The van der Waals surface area contributed by atoms with Crippen LogP contribution in [0.5, 0.6) is 5.75 Å². The molecule has 7 heteroatoms. The highest BCUT2D eigenvalue weighted by molar-refractivity contribution is 6.32. The second kappa shape index (κ2) is 9.45. The molecular weight excluding hydrogens is 533 g/mol. The van der Waals surface area contributed by atoms with Crippen molar-refractivity contribution in [3.8, 4) is 5.75 Å². The van der Waals surface area contributed by atoms with Crippen LogP contribution in [0.4, 0.5) is 10.1 Å². The molecule has 4 aromatic rings. The summed E-state index contributed by atoms with van der Waals surface area (Å²) in [6.07, 6.45) is 3.51. The Kier molecular flexibility index (Phi) is 5.80. The number of anilines is 1. The Morgan fingerprint density at radius 3 is 2.12 bits per heavy atom. The van der Waals surface area contributed by atoms with Crippen LogP contribution in [-0.4, -0.2) is 35.4 Å². The van der Waals surface area contributed by atoms with Crippen LogP contribution in [0.1, 0.15) is 55.0 Å². The highest BCUT2D eigenvalue weighted by Crippen LogP contribution is 2.62. The third-order valence-corrected chi connectivity index (χ3v) is 8.61. The highest BCUT2D eigenvalue weighted by atomic mass is 19.1. The zero-order valence-corrected chi connectivity index (χ0v) is 22.5. The summed E-state index contributed by atoms with van der Waals surface area (Å²) in [4.78, 5) is 57.9. The number of benzene rings is 4. The molecule has 2 aliphatic heterocycles. The summed E-state index contributed by atoms with van der Waals surface area (Å²) >= 11 is 0. The van der Waals surface area contributed by atoms with Crippen molar-refractivity contribution in [3.05, 3.63) is 137 Å². The van der Waals surface area contributed by atoms with Crippen LogP contribution >= 0.6 is 0 Å². The van der Waals surface area contributed by atoms with E-state index in [0.29, 0.717) is 16.8 Å². The first-order valence-corrected chi connectivity index (χ1v) is 13.7. The molecule has 0 saturated carbocycles. The molecule has 42 heavy (non-hydrogen) atoms. The first kappa shape index (κ1) is 25.8. The van der Waals surface area contributed by atoms with Crippen LogP contribution in [0.3, 0.4) is 0 Å². The van der Waals surface area contributed by atoms with E-state index >= 15 is 4.39 Å². The number of carbonyl (C=O) groups excluding carboxylic acids is 4. The minimum Gasteiger partial charge on any atom is -0.424 e. The number of ether oxygens (including phenoxy) is 1. The topological polar surface area (TPSA) is 80.8 Å². The van der Waals surface area contributed by atoms with E-state index in [9.17, 15) is 19.2 Å². The van der Waals surface area contributed by atoms with Crippen LogP contribution in [0.2, 0.25) is 0 Å². The fourth-order valence-corrected chi connectivity index (χ4v) is 7.06. The quantitative estimate of drug-likeness (QED) is 0.131. The maximum atomic E-state index is 15.9. The first-order chi connectivity index (χ1) is 20.4. The Morgan fingerprint density at radius 2 is 1.45 bits per heavy atom. The molecule has 0 bridgehead atoms. The van der Waals surface area contributed by atoms with Gasteiger partial charge in [-0.1, -0.05) is 97.1 Å². The Morgan fingerprint density at radius 1 is 0.810 bits per heavy atom. The van der Waals surface area contributed by atoms with Crippen molar-refractivity contribution in [2.75, 3.05) is 4.90 Å². The number of para-hydroxylation sites is 1. The van der Waals surface area contributed by atoms with E-state index < -0.39 is 46.8 Å². The first-order valence-electron chi connectivity index (χ1n) is 13.7. The van der Waals surface area contributed by atoms with Crippen molar-refractivity contribution in [2.45, 2.75) is 24.9 Å². The predicted molar refractivity (Wildman–Crippen MR) is 154 cm³/mol. The Balaban J connectivity index is 1.58. The van der Waals surface area contributed by atoms with E-state index in [0.717, 1.165) is 0 Å². The normalized spacial score (nSPS) is 21.2. The molecule has 4 aromatic carbocycles. The highest BCUT2D eigenvalue weighted by Gasteiger charge is 2.72. The van der Waals surface area contributed by atoms with E-state index in [1.807, 2.05) is 0 Å². The van der Waals surface area contributed by atoms with Crippen LogP contribution in [0.15, 0.2) is 103 Å². The smallest absolute Gasteiger partial charge is 0.308 e. The number of fused-ring (bicyclic) bond motifs is 5. The van der Waals surface area contributed by atoms with Crippen molar-refractivity contribution in [1.29, 1.82) is 0 Å². The van der Waals surface area contributed by atoms with E-state index in [-0.39, 0.29) is 28.2 Å². The lowest BCUT2D eigenvalue weighted by Crippen LogP contribution is -2.48. The molecule has 0 N–H and O–H groups in total. The average Bonchev–Trinajstić information content (AvgIpc) is 3.43. The molecule has 0 amide bonds. The van der Waals surface area contributed by atoms with Gasteiger partial charge in [-0.05, 0) is 17.7 Å². The molecule has 0 aromatic heterocycles. The monoisotopic (exact) mass is 557 g/mol. The average molecular weight is 558 g/mol. The van der Waals surface area contributed by atoms with Gasteiger partial charge in [0.05, 0.1) is 11.7 Å². The van der Waals surface area contributed by atoms with Crippen molar-refractivity contribution in [3.63, 3.8) is 0 Å². The summed E-state index contributed by atoms with van der Waals surface area (Å²) in [7, 11) is 0. The van der Waals surface area contributed by atoms with Gasteiger partial charge in [0, 0.05) is 35.1 Å². The molecule has 0 radical (unpaired) electrons. The second-order valence-electron chi connectivity index (χ2n) is 10.7. The zero-order chi connectivity index (χ0) is 29.2. The molecule has 3 aliphatic rings. The minimum absolute atomic E-state index is 0.0932. The largest absolute Gasteiger partial charge is 0.424 e. The van der Waals surface area contributed by atoms with Crippen molar-refractivity contribution < 1.29 is 28.3 Å². The number of rotatable bonds is 4. The molecule has 1 fully saturated rings. The van der Waals surface area contributed by atoms with Gasteiger partial charge >= 0.3 is 5.97 Å². The molecule has 1 aliphatic carbocycles. The molecule has 6 nitrogen and oxygen atoms in total. The van der Waals surface area contributed by atoms with E-state index in [4.69, 9.17) is 4.74 Å². The summed E-state index contributed by atoms with van der Waals surface area (Å²) in [5.74, 6) is -3.53. The van der Waals surface area contributed by atoms with Gasteiger partial charge in [-0.3, -0.25) is 19.2 Å². The van der Waals surface area contributed by atoms with Gasteiger partial charge in [0.15, 0.2) is 23.1 Å². The fraction of sp³-hybridized carbons (Fsp3) is 0.143. The molecule has 206 valence electrons. The van der Waals surface area contributed by atoms with Gasteiger partial charge in [0.1, 0.15) is 17.3 Å². The molecule has 3 atom stereocenters. The van der Waals surface area contributed by atoms with E-state index in [1.54, 1.807) is 95.9 Å². The Bertz CT molecular complexity index is 1810. The van der Waals surface area contributed by atoms with E-state index in [1.165, 1.54) is 25.1 Å². The molecule has 1 saturated heterocycles. The number of ketones is 3. The molecule has 7 rings (SSSR count). The molecular formula is C35H24FNO5. The Labute approximate surface area is 241 Å². The van der Waals surface area contributed by atoms with Gasteiger partial charge in [-0.25, -0.2) is 4.39 Å². The molecule has 1 unspecified atom stereocenters. The summed E-state index contributed by atoms with van der Waals surface area (Å²) < 4.78 is 21.5.